The molecular weight excluding hydrogens is 550 g/mol. The molecule has 0 saturated heterocycles. The largest absolute Gasteiger partial charge is 0.289 e. The first kappa shape index (κ1) is 26.6. The molecule has 212 valence electrons. The Morgan fingerprint density at radius 3 is 1.31 bits per heavy atom. The molecule has 4 nitrogen and oxygen atoms in total. The minimum atomic E-state index is -0.740. The van der Waals surface area contributed by atoms with Crippen molar-refractivity contribution in [1.29, 1.82) is 0 Å². The molecule has 0 bridgehead atoms. The second-order valence-electron chi connectivity index (χ2n) is 11.2. The number of carbonyl (C=O) groups excluding carboxylic acids is 1. The van der Waals surface area contributed by atoms with Gasteiger partial charge < -0.3 is 0 Å². The number of fused-ring (bicyclic) bond motifs is 2. The normalized spacial score (nSPS) is 13.1. The summed E-state index contributed by atoms with van der Waals surface area (Å²) in [5.41, 5.74) is 7.42. The van der Waals surface area contributed by atoms with Gasteiger partial charge in [0.2, 0.25) is 0 Å². The van der Waals surface area contributed by atoms with Crippen LogP contribution in [0.5, 0.6) is 0 Å². The molecule has 0 saturated carbocycles. The molecule has 7 aromatic rings. The highest BCUT2D eigenvalue weighted by atomic mass is 16.1. The van der Waals surface area contributed by atoms with Crippen LogP contribution in [0.15, 0.2) is 164 Å². The van der Waals surface area contributed by atoms with Crippen molar-refractivity contribution in [2.24, 2.45) is 0 Å². The van der Waals surface area contributed by atoms with Crippen molar-refractivity contribution in [2.75, 3.05) is 0 Å². The van der Waals surface area contributed by atoms with E-state index in [2.05, 4.69) is 54.6 Å². The van der Waals surface area contributed by atoms with E-state index in [9.17, 15) is 4.79 Å². The summed E-state index contributed by atoms with van der Waals surface area (Å²) < 4.78 is 0. The molecule has 0 unspecified atom stereocenters. The topological polar surface area (TPSA) is 55.7 Å². The summed E-state index contributed by atoms with van der Waals surface area (Å²) >= 11 is 0. The standard InChI is InChI=1S/C41H27N3O/c45-37-33-23-10-12-25-35(33)41(31-20-8-3-9-21-31,36-26-13-11-24-34(36)37)32-22-14-19-30(27-32)40-43-38(28-15-4-1-5-16-28)42-39(44-40)29-17-6-2-7-18-29/h1-27H. The minimum Gasteiger partial charge on any atom is -0.289 e. The Morgan fingerprint density at radius 2 is 0.778 bits per heavy atom. The fraction of sp³-hybridized carbons (Fsp3) is 0.0244. The quantitative estimate of drug-likeness (QED) is 0.205. The lowest BCUT2D eigenvalue weighted by Gasteiger charge is -2.41. The molecular formula is C41H27N3O. The van der Waals surface area contributed by atoms with E-state index in [1.807, 2.05) is 109 Å². The number of carbonyl (C=O) groups is 1. The van der Waals surface area contributed by atoms with E-state index < -0.39 is 5.41 Å². The molecule has 0 atom stereocenters. The number of hydrogen-bond donors (Lipinski definition) is 0. The molecule has 1 aliphatic rings. The highest BCUT2D eigenvalue weighted by Gasteiger charge is 2.46. The third-order valence-corrected chi connectivity index (χ3v) is 8.61. The second-order valence-corrected chi connectivity index (χ2v) is 11.2. The zero-order valence-electron chi connectivity index (χ0n) is 24.3. The summed E-state index contributed by atoms with van der Waals surface area (Å²) in [6.07, 6.45) is 0. The lowest BCUT2D eigenvalue weighted by Crippen LogP contribution is -2.38. The Labute approximate surface area is 261 Å². The van der Waals surface area contributed by atoms with E-state index in [0.29, 0.717) is 28.6 Å². The van der Waals surface area contributed by atoms with Gasteiger partial charge in [0, 0.05) is 27.8 Å². The summed E-state index contributed by atoms with van der Waals surface area (Å²) in [4.78, 5) is 28.8. The third kappa shape index (κ3) is 4.38. The molecule has 0 amide bonds. The van der Waals surface area contributed by atoms with Gasteiger partial charge in [-0.2, -0.15) is 0 Å². The number of benzene rings is 6. The SMILES string of the molecule is O=C1c2ccccc2C(c2ccccc2)(c2cccc(-c3nc(-c4ccccc4)nc(-c4ccccc4)n3)c2)c2ccccc21. The average Bonchev–Trinajstić information content (AvgIpc) is 3.13. The van der Waals surface area contributed by atoms with Crippen LogP contribution in [0.25, 0.3) is 34.2 Å². The van der Waals surface area contributed by atoms with E-state index >= 15 is 0 Å². The van der Waals surface area contributed by atoms with Crippen molar-refractivity contribution in [2.45, 2.75) is 5.41 Å². The summed E-state index contributed by atoms with van der Waals surface area (Å²) in [5.74, 6) is 1.85. The first-order valence-corrected chi connectivity index (χ1v) is 15.0. The molecule has 6 aromatic carbocycles. The van der Waals surface area contributed by atoms with Crippen LogP contribution in [0, 0.1) is 0 Å². The first-order chi connectivity index (χ1) is 22.2. The fourth-order valence-corrected chi connectivity index (χ4v) is 6.61. The van der Waals surface area contributed by atoms with Gasteiger partial charge in [0.1, 0.15) is 0 Å². The Kier molecular flexibility index (Phi) is 6.46. The highest BCUT2D eigenvalue weighted by Crippen LogP contribution is 2.51. The molecule has 0 fully saturated rings. The van der Waals surface area contributed by atoms with Crippen LogP contribution in [-0.4, -0.2) is 20.7 Å². The molecule has 1 aromatic heterocycles. The maximum atomic E-state index is 13.9. The average molecular weight is 578 g/mol. The van der Waals surface area contributed by atoms with Crippen molar-refractivity contribution in [3.8, 4) is 34.2 Å². The van der Waals surface area contributed by atoms with Gasteiger partial charge in [0.15, 0.2) is 23.3 Å². The van der Waals surface area contributed by atoms with Gasteiger partial charge in [0.05, 0.1) is 5.41 Å². The minimum absolute atomic E-state index is 0.0429. The summed E-state index contributed by atoms with van der Waals surface area (Å²) in [7, 11) is 0. The van der Waals surface area contributed by atoms with Gasteiger partial charge in [-0.25, -0.2) is 15.0 Å². The van der Waals surface area contributed by atoms with Crippen LogP contribution in [0.4, 0.5) is 0 Å². The number of aromatic nitrogens is 3. The molecule has 0 aliphatic heterocycles. The molecule has 1 heterocycles. The van der Waals surface area contributed by atoms with Crippen LogP contribution in [0.2, 0.25) is 0 Å². The second kappa shape index (κ2) is 10.9. The predicted molar refractivity (Wildman–Crippen MR) is 178 cm³/mol. The lowest BCUT2D eigenvalue weighted by molar-refractivity contribution is 0.103. The Morgan fingerprint density at radius 1 is 0.378 bits per heavy atom. The molecule has 8 rings (SSSR count). The maximum Gasteiger partial charge on any atom is 0.193 e. The van der Waals surface area contributed by atoms with Crippen LogP contribution in [-0.2, 0) is 5.41 Å². The molecule has 1 aliphatic carbocycles. The summed E-state index contributed by atoms with van der Waals surface area (Å²) in [5, 5.41) is 0. The van der Waals surface area contributed by atoms with Crippen molar-refractivity contribution in [1.82, 2.24) is 15.0 Å². The molecule has 0 N–H and O–H groups in total. The van der Waals surface area contributed by atoms with Crippen LogP contribution >= 0.6 is 0 Å². The zero-order chi connectivity index (χ0) is 30.2. The molecule has 0 radical (unpaired) electrons. The zero-order valence-corrected chi connectivity index (χ0v) is 24.3. The molecule has 45 heavy (non-hydrogen) atoms. The number of ketones is 1. The van der Waals surface area contributed by atoms with Gasteiger partial charge in [-0.3, -0.25) is 4.79 Å². The predicted octanol–water partition coefficient (Wildman–Crippen LogP) is 8.80. The van der Waals surface area contributed by atoms with Crippen LogP contribution in [0.3, 0.4) is 0 Å². The van der Waals surface area contributed by atoms with Crippen molar-refractivity contribution < 1.29 is 4.79 Å². The van der Waals surface area contributed by atoms with E-state index in [1.54, 1.807) is 0 Å². The van der Waals surface area contributed by atoms with Gasteiger partial charge in [-0.05, 0) is 28.3 Å². The van der Waals surface area contributed by atoms with E-state index in [1.165, 1.54) is 0 Å². The highest BCUT2D eigenvalue weighted by molar-refractivity contribution is 6.14. The number of hydrogen-bond acceptors (Lipinski definition) is 4. The van der Waals surface area contributed by atoms with Crippen molar-refractivity contribution in [3.05, 3.63) is 197 Å². The van der Waals surface area contributed by atoms with Crippen LogP contribution in [0.1, 0.15) is 38.2 Å². The maximum absolute atomic E-state index is 13.9. The van der Waals surface area contributed by atoms with Gasteiger partial charge in [-0.15, -0.1) is 0 Å². The number of rotatable bonds is 5. The summed E-state index contributed by atoms with van der Waals surface area (Å²) in [6, 6.07) is 54.9. The lowest BCUT2D eigenvalue weighted by atomic mass is 9.59. The first-order valence-electron chi connectivity index (χ1n) is 15.0. The third-order valence-electron chi connectivity index (χ3n) is 8.61. The van der Waals surface area contributed by atoms with Gasteiger partial charge in [0.25, 0.3) is 0 Å². The monoisotopic (exact) mass is 577 g/mol. The Hall–Kier alpha value is -6.00. The van der Waals surface area contributed by atoms with E-state index in [4.69, 9.17) is 15.0 Å². The van der Waals surface area contributed by atoms with E-state index in [0.717, 1.165) is 38.9 Å². The van der Waals surface area contributed by atoms with Gasteiger partial charge >= 0.3 is 0 Å². The Balaban J connectivity index is 1.41. The smallest absolute Gasteiger partial charge is 0.193 e. The van der Waals surface area contributed by atoms with Gasteiger partial charge in [-0.1, -0.05) is 158 Å². The summed E-state index contributed by atoms with van der Waals surface area (Å²) in [6.45, 7) is 0. The van der Waals surface area contributed by atoms with Crippen molar-refractivity contribution >= 4 is 5.78 Å². The Bertz CT molecular complexity index is 2070. The van der Waals surface area contributed by atoms with Crippen molar-refractivity contribution in [3.63, 3.8) is 0 Å². The molecule has 0 spiro atoms. The van der Waals surface area contributed by atoms with E-state index in [-0.39, 0.29) is 5.78 Å². The number of nitrogens with zero attached hydrogens (tertiary/aromatic N) is 3. The fourth-order valence-electron chi connectivity index (χ4n) is 6.61. The molecule has 4 heteroatoms. The van der Waals surface area contributed by atoms with Crippen LogP contribution < -0.4 is 0 Å².